The molecule has 1 fully saturated rings. The first kappa shape index (κ1) is 18.5. The van der Waals surface area contributed by atoms with E-state index in [4.69, 9.17) is 4.74 Å². The van der Waals surface area contributed by atoms with Gasteiger partial charge in [-0.15, -0.1) is 21.5 Å². The van der Waals surface area contributed by atoms with Crippen molar-refractivity contribution < 1.29 is 9.53 Å². The number of thiazole rings is 1. The Kier molecular flexibility index (Phi) is 5.46. The largest absolute Gasteiger partial charge is 0.376 e. The average molecular weight is 407 g/mol. The maximum Gasteiger partial charge on any atom is 0.230 e. The number of aromatic nitrogens is 5. The Labute approximate surface area is 165 Å². The molecular weight excluding hydrogens is 384 g/mol. The van der Waals surface area contributed by atoms with Crippen molar-refractivity contribution in [1.29, 1.82) is 0 Å². The predicted molar refractivity (Wildman–Crippen MR) is 105 cm³/mol. The lowest BCUT2D eigenvalue weighted by Gasteiger charge is -2.11. The minimum atomic E-state index is -0.0107. The summed E-state index contributed by atoms with van der Waals surface area (Å²) < 4.78 is 9.61. The number of hydrogen-bond donors (Lipinski definition) is 1. The molecule has 0 bridgehead atoms. The first-order valence-corrected chi connectivity index (χ1v) is 10.9. The number of aryl methyl sites for hydroxylation is 1. The van der Waals surface area contributed by atoms with Crippen LogP contribution in [0.5, 0.6) is 0 Å². The van der Waals surface area contributed by atoms with E-state index in [1.807, 2.05) is 27.5 Å². The zero-order valence-corrected chi connectivity index (χ0v) is 17.0. The monoisotopic (exact) mass is 406 g/mol. The number of carbonyl (C=O) groups is 1. The van der Waals surface area contributed by atoms with E-state index >= 15 is 0 Å². The maximum absolute atomic E-state index is 12.1. The van der Waals surface area contributed by atoms with Crippen LogP contribution < -0.4 is 5.32 Å². The second kappa shape index (κ2) is 7.99. The van der Waals surface area contributed by atoms with Gasteiger partial charge in [-0.05, 0) is 26.7 Å². The summed E-state index contributed by atoms with van der Waals surface area (Å²) in [6.07, 6.45) is 4.24. The standard InChI is InChI=1S/C17H22N6O2S2/c1-3-22-15(14-11(2)19-16-23(14)6-8-26-16)20-21-17(22)27-10-13(24)18-9-12-5-4-7-25-12/h6,8,12H,3-5,7,9-10H2,1-2H3,(H,18,24)/t12-/m1/s1. The molecule has 4 heterocycles. The number of hydrogen-bond acceptors (Lipinski definition) is 7. The average Bonchev–Trinajstić information content (AvgIpc) is 3.42. The molecular formula is C17H22N6O2S2. The molecule has 1 atom stereocenters. The smallest absolute Gasteiger partial charge is 0.230 e. The van der Waals surface area contributed by atoms with Crippen LogP contribution in [0.2, 0.25) is 0 Å². The quantitative estimate of drug-likeness (QED) is 0.606. The van der Waals surface area contributed by atoms with Gasteiger partial charge in [0.1, 0.15) is 5.69 Å². The van der Waals surface area contributed by atoms with E-state index in [1.165, 1.54) is 11.8 Å². The molecule has 0 saturated carbocycles. The molecule has 0 unspecified atom stereocenters. The van der Waals surface area contributed by atoms with Crippen LogP contribution in [-0.2, 0) is 16.1 Å². The van der Waals surface area contributed by atoms with Crippen LogP contribution in [0.1, 0.15) is 25.5 Å². The highest BCUT2D eigenvalue weighted by atomic mass is 32.2. The number of ether oxygens (including phenoxy) is 1. The number of thioether (sulfide) groups is 1. The number of nitrogens with one attached hydrogen (secondary N) is 1. The third kappa shape index (κ3) is 3.74. The molecule has 1 amide bonds. The lowest BCUT2D eigenvalue weighted by Crippen LogP contribution is -2.32. The SMILES string of the molecule is CCn1c(SCC(=O)NC[C@H]2CCCO2)nnc1-c1c(C)nc2sccn12. The Morgan fingerprint density at radius 1 is 1.48 bits per heavy atom. The van der Waals surface area contributed by atoms with E-state index in [2.05, 4.69) is 27.4 Å². The molecule has 1 aliphatic rings. The molecule has 0 spiro atoms. The predicted octanol–water partition coefficient (Wildman–Crippen LogP) is 2.37. The van der Waals surface area contributed by atoms with E-state index in [0.717, 1.165) is 53.3 Å². The number of fused-ring (bicyclic) bond motifs is 1. The van der Waals surface area contributed by atoms with Gasteiger partial charge >= 0.3 is 0 Å². The first-order valence-electron chi connectivity index (χ1n) is 9.04. The summed E-state index contributed by atoms with van der Waals surface area (Å²) in [5, 5.41) is 14.4. The minimum Gasteiger partial charge on any atom is -0.376 e. The van der Waals surface area contributed by atoms with Gasteiger partial charge in [-0.25, -0.2) is 4.98 Å². The number of carbonyl (C=O) groups excluding carboxylic acids is 1. The van der Waals surface area contributed by atoms with Gasteiger partial charge in [0.25, 0.3) is 0 Å². The number of imidazole rings is 1. The fourth-order valence-electron chi connectivity index (χ4n) is 3.23. The number of rotatable bonds is 7. The van der Waals surface area contributed by atoms with Crippen molar-refractivity contribution in [2.24, 2.45) is 0 Å². The molecule has 27 heavy (non-hydrogen) atoms. The third-order valence-electron chi connectivity index (χ3n) is 4.56. The van der Waals surface area contributed by atoms with Crippen molar-refractivity contribution >= 4 is 34.0 Å². The van der Waals surface area contributed by atoms with Crippen LogP contribution in [-0.4, -0.2) is 55.1 Å². The second-order valence-electron chi connectivity index (χ2n) is 6.38. The van der Waals surface area contributed by atoms with Gasteiger partial charge in [0.15, 0.2) is 15.9 Å². The molecule has 1 aliphatic heterocycles. The van der Waals surface area contributed by atoms with Crippen LogP contribution in [0.3, 0.4) is 0 Å². The van der Waals surface area contributed by atoms with Crippen molar-refractivity contribution in [2.45, 2.75) is 44.5 Å². The Hall–Kier alpha value is -1.91. The van der Waals surface area contributed by atoms with E-state index in [-0.39, 0.29) is 12.0 Å². The molecule has 3 aromatic heterocycles. The van der Waals surface area contributed by atoms with Crippen molar-refractivity contribution in [3.8, 4) is 11.5 Å². The van der Waals surface area contributed by atoms with Crippen LogP contribution in [0.25, 0.3) is 16.5 Å². The molecule has 0 radical (unpaired) electrons. The lowest BCUT2D eigenvalue weighted by atomic mass is 10.2. The van der Waals surface area contributed by atoms with Crippen molar-refractivity contribution in [3.63, 3.8) is 0 Å². The first-order chi connectivity index (χ1) is 13.2. The summed E-state index contributed by atoms with van der Waals surface area (Å²) in [6.45, 7) is 6.13. The zero-order valence-electron chi connectivity index (χ0n) is 15.3. The molecule has 8 nitrogen and oxygen atoms in total. The summed E-state index contributed by atoms with van der Waals surface area (Å²) in [5.74, 6) is 1.08. The zero-order chi connectivity index (χ0) is 18.8. The van der Waals surface area contributed by atoms with Crippen molar-refractivity contribution in [1.82, 2.24) is 29.5 Å². The number of amides is 1. The Morgan fingerprint density at radius 2 is 2.37 bits per heavy atom. The van der Waals surface area contributed by atoms with Gasteiger partial charge in [-0.3, -0.25) is 9.20 Å². The normalized spacial score (nSPS) is 17.0. The Bertz CT molecular complexity index is 941. The van der Waals surface area contributed by atoms with E-state index in [1.54, 1.807) is 11.3 Å². The van der Waals surface area contributed by atoms with Gasteiger partial charge in [-0.2, -0.15) is 0 Å². The molecule has 10 heteroatoms. The van der Waals surface area contributed by atoms with E-state index in [9.17, 15) is 4.79 Å². The van der Waals surface area contributed by atoms with Gasteiger partial charge in [0.2, 0.25) is 5.91 Å². The van der Waals surface area contributed by atoms with Gasteiger partial charge in [0.05, 0.1) is 17.6 Å². The highest BCUT2D eigenvalue weighted by Gasteiger charge is 2.21. The lowest BCUT2D eigenvalue weighted by molar-refractivity contribution is -0.119. The van der Waals surface area contributed by atoms with Crippen LogP contribution in [0, 0.1) is 6.92 Å². The molecule has 3 aromatic rings. The molecule has 1 saturated heterocycles. The Morgan fingerprint density at radius 3 is 3.15 bits per heavy atom. The van der Waals surface area contributed by atoms with Crippen LogP contribution in [0.15, 0.2) is 16.7 Å². The summed E-state index contributed by atoms with van der Waals surface area (Å²) in [7, 11) is 0. The minimum absolute atomic E-state index is 0.0107. The van der Waals surface area contributed by atoms with E-state index < -0.39 is 0 Å². The van der Waals surface area contributed by atoms with E-state index in [0.29, 0.717) is 12.3 Å². The fourth-order valence-corrected chi connectivity index (χ4v) is 4.83. The van der Waals surface area contributed by atoms with Crippen LogP contribution >= 0.6 is 23.1 Å². The summed E-state index contributed by atoms with van der Waals surface area (Å²) in [6, 6.07) is 0. The van der Waals surface area contributed by atoms with Gasteiger partial charge in [0, 0.05) is 31.3 Å². The molecule has 0 aromatic carbocycles. The molecule has 1 N–H and O–H groups in total. The molecule has 4 rings (SSSR count). The van der Waals surface area contributed by atoms with Crippen molar-refractivity contribution in [2.75, 3.05) is 18.9 Å². The summed E-state index contributed by atoms with van der Waals surface area (Å²) >= 11 is 3.00. The molecule has 144 valence electrons. The maximum atomic E-state index is 12.1. The van der Waals surface area contributed by atoms with Gasteiger partial charge in [-0.1, -0.05) is 11.8 Å². The van der Waals surface area contributed by atoms with Crippen molar-refractivity contribution in [3.05, 3.63) is 17.3 Å². The fraction of sp³-hybridized carbons (Fsp3) is 0.529. The Balaban J connectivity index is 1.45. The topological polar surface area (TPSA) is 86.3 Å². The number of nitrogens with zero attached hydrogens (tertiary/aromatic N) is 5. The van der Waals surface area contributed by atoms with Crippen LogP contribution in [0.4, 0.5) is 0 Å². The highest BCUT2D eigenvalue weighted by Crippen LogP contribution is 2.28. The summed E-state index contributed by atoms with van der Waals surface area (Å²) in [5.41, 5.74) is 1.88. The van der Waals surface area contributed by atoms with Gasteiger partial charge < -0.3 is 14.6 Å². The molecule has 0 aliphatic carbocycles. The second-order valence-corrected chi connectivity index (χ2v) is 8.20. The summed E-state index contributed by atoms with van der Waals surface area (Å²) in [4.78, 5) is 17.7. The third-order valence-corrected chi connectivity index (χ3v) is 6.29. The highest BCUT2D eigenvalue weighted by molar-refractivity contribution is 7.99.